The molecule has 1 unspecified atom stereocenters. The predicted molar refractivity (Wildman–Crippen MR) is 139 cm³/mol. The Morgan fingerprint density at radius 1 is 1.14 bits per heavy atom. The van der Waals surface area contributed by atoms with Gasteiger partial charge in [-0.05, 0) is 54.4 Å². The number of anilines is 1. The molecule has 1 amide bonds. The molecule has 3 aromatic carbocycles. The van der Waals surface area contributed by atoms with E-state index in [1.54, 1.807) is 19.1 Å². The standard InChI is InChI=1S/C28H27N5O2/c1-3-15-33(18-20-9-14-26-24(16-20)28(35)32-19(2)31-26)23-12-10-22(11-13-23)27(34)30-17-25(29)21-7-5-4-6-8-21/h1,4-14,16,25H,15,17-18,29H2,2H3,(H,30,34)(H,31,32,35). The summed E-state index contributed by atoms with van der Waals surface area (Å²) in [6.07, 6.45) is 5.61. The van der Waals surface area contributed by atoms with E-state index in [1.165, 1.54) is 0 Å². The maximum absolute atomic E-state index is 12.6. The van der Waals surface area contributed by atoms with Gasteiger partial charge in [0.2, 0.25) is 0 Å². The topological polar surface area (TPSA) is 104 Å². The Bertz CT molecular complexity index is 1420. The molecule has 0 spiro atoms. The number of hydrogen-bond acceptors (Lipinski definition) is 5. The summed E-state index contributed by atoms with van der Waals surface area (Å²) >= 11 is 0. The van der Waals surface area contributed by atoms with E-state index in [0.29, 0.717) is 41.9 Å². The second-order valence-corrected chi connectivity index (χ2v) is 8.34. The minimum Gasteiger partial charge on any atom is -0.356 e. The van der Waals surface area contributed by atoms with E-state index in [0.717, 1.165) is 16.8 Å². The van der Waals surface area contributed by atoms with Crippen molar-refractivity contribution in [3.63, 3.8) is 0 Å². The number of amides is 1. The molecule has 176 valence electrons. The quantitative estimate of drug-likeness (QED) is 0.347. The van der Waals surface area contributed by atoms with Gasteiger partial charge < -0.3 is 20.9 Å². The molecule has 1 aromatic heterocycles. The van der Waals surface area contributed by atoms with Crippen LogP contribution in [-0.4, -0.2) is 29.0 Å². The number of aryl methyl sites for hydroxylation is 1. The minimum absolute atomic E-state index is 0.166. The van der Waals surface area contributed by atoms with Crippen LogP contribution in [0.15, 0.2) is 77.6 Å². The number of fused-ring (bicyclic) bond motifs is 1. The number of carbonyl (C=O) groups excluding carboxylic acids is 1. The number of aromatic nitrogens is 2. The van der Waals surface area contributed by atoms with E-state index in [1.807, 2.05) is 65.6 Å². The van der Waals surface area contributed by atoms with Crippen LogP contribution >= 0.6 is 0 Å². The van der Waals surface area contributed by atoms with E-state index < -0.39 is 0 Å². The molecule has 1 heterocycles. The fraction of sp³-hybridized carbons (Fsp3) is 0.179. The Kier molecular flexibility index (Phi) is 7.24. The predicted octanol–water partition coefficient (Wildman–Crippen LogP) is 3.30. The Morgan fingerprint density at radius 2 is 1.89 bits per heavy atom. The molecule has 0 radical (unpaired) electrons. The summed E-state index contributed by atoms with van der Waals surface area (Å²) in [6.45, 7) is 2.97. The lowest BCUT2D eigenvalue weighted by Gasteiger charge is -2.23. The van der Waals surface area contributed by atoms with Gasteiger partial charge in [-0.1, -0.05) is 42.3 Å². The lowest BCUT2D eigenvalue weighted by molar-refractivity contribution is 0.0951. The molecule has 1 atom stereocenters. The third kappa shape index (κ3) is 5.75. The second-order valence-electron chi connectivity index (χ2n) is 8.34. The highest BCUT2D eigenvalue weighted by atomic mass is 16.1. The average Bonchev–Trinajstić information content (AvgIpc) is 2.87. The normalized spacial score (nSPS) is 11.6. The van der Waals surface area contributed by atoms with Crippen molar-refractivity contribution < 1.29 is 4.79 Å². The van der Waals surface area contributed by atoms with Gasteiger partial charge in [-0.25, -0.2) is 4.98 Å². The van der Waals surface area contributed by atoms with Gasteiger partial charge >= 0.3 is 0 Å². The summed E-state index contributed by atoms with van der Waals surface area (Å²) < 4.78 is 0. The molecule has 0 aliphatic heterocycles. The molecule has 0 saturated heterocycles. The van der Waals surface area contributed by atoms with Crippen molar-refractivity contribution in [3.8, 4) is 12.3 Å². The van der Waals surface area contributed by atoms with Crippen LogP contribution in [0.25, 0.3) is 10.9 Å². The number of carbonyl (C=O) groups is 1. The Hall–Kier alpha value is -4.41. The lowest BCUT2D eigenvalue weighted by atomic mass is 10.1. The highest BCUT2D eigenvalue weighted by Crippen LogP contribution is 2.20. The van der Waals surface area contributed by atoms with Gasteiger partial charge in [0.05, 0.1) is 17.4 Å². The van der Waals surface area contributed by atoms with Gasteiger partial charge in [-0.15, -0.1) is 6.42 Å². The third-order valence-corrected chi connectivity index (χ3v) is 5.75. The van der Waals surface area contributed by atoms with E-state index in [2.05, 4.69) is 21.2 Å². The third-order valence-electron chi connectivity index (χ3n) is 5.75. The van der Waals surface area contributed by atoms with E-state index in [-0.39, 0.29) is 17.5 Å². The van der Waals surface area contributed by atoms with Gasteiger partial charge in [0, 0.05) is 30.4 Å². The number of nitrogens with two attached hydrogens (primary N) is 1. The Morgan fingerprint density at radius 3 is 2.60 bits per heavy atom. The van der Waals surface area contributed by atoms with Crippen LogP contribution in [0.3, 0.4) is 0 Å². The lowest BCUT2D eigenvalue weighted by Crippen LogP contribution is -2.32. The smallest absolute Gasteiger partial charge is 0.258 e. The van der Waals surface area contributed by atoms with Gasteiger partial charge in [-0.3, -0.25) is 9.59 Å². The summed E-state index contributed by atoms with van der Waals surface area (Å²) in [7, 11) is 0. The molecule has 0 saturated carbocycles. The molecular formula is C28H27N5O2. The summed E-state index contributed by atoms with van der Waals surface area (Å²) in [5.41, 5.74) is 9.97. The van der Waals surface area contributed by atoms with Crippen molar-refractivity contribution in [2.75, 3.05) is 18.0 Å². The number of hydrogen-bond donors (Lipinski definition) is 3. The van der Waals surface area contributed by atoms with Crippen LogP contribution in [0.5, 0.6) is 0 Å². The molecule has 4 N–H and O–H groups in total. The summed E-state index contributed by atoms with van der Waals surface area (Å²) in [5.74, 6) is 3.07. The molecule has 4 rings (SSSR count). The van der Waals surface area contributed by atoms with Crippen molar-refractivity contribution in [1.29, 1.82) is 0 Å². The van der Waals surface area contributed by atoms with Gasteiger partial charge in [0.25, 0.3) is 11.5 Å². The first-order valence-electron chi connectivity index (χ1n) is 11.3. The number of aromatic amines is 1. The number of rotatable bonds is 8. The minimum atomic E-state index is -0.279. The van der Waals surface area contributed by atoms with Crippen LogP contribution in [0.1, 0.15) is 33.4 Å². The summed E-state index contributed by atoms with van der Waals surface area (Å²) in [6, 6.07) is 22.2. The van der Waals surface area contributed by atoms with Gasteiger partial charge in [-0.2, -0.15) is 0 Å². The molecule has 0 aliphatic rings. The largest absolute Gasteiger partial charge is 0.356 e. The number of nitrogens with zero attached hydrogens (tertiary/aromatic N) is 2. The Labute approximate surface area is 204 Å². The number of nitrogens with one attached hydrogen (secondary N) is 2. The fourth-order valence-corrected chi connectivity index (χ4v) is 3.92. The zero-order valence-electron chi connectivity index (χ0n) is 19.5. The van der Waals surface area contributed by atoms with Crippen LogP contribution in [0, 0.1) is 19.3 Å². The summed E-state index contributed by atoms with van der Waals surface area (Å²) in [4.78, 5) is 34.0. The molecule has 7 nitrogen and oxygen atoms in total. The van der Waals surface area contributed by atoms with Crippen LogP contribution in [0.2, 0.25) is 0 Å². The van der Waals surface area contributed by atoms with Crippen LogP contribution < -0.4 is 21.5 Å². The van der Waals surface area contributed by atoms with Crippen LogP contribution in [0.4, 0.5) is 5.69 Å². The highest BCUT2D eigenvalue weighted by molar-refractivity contribution is 5.94. The molecule has 7 heteroatoms. The van der Waals surface area contributed by atoms with Crippen molar-refractivity contribution in [2.24, 2.45) is 5.73 Å². The zero-order chi connectivity index (χ0) is 24.8. The Balaban J connectivity index is 1.45. The monoisotopic (exact) mass is 465 g/mol. The second kappa shape index (κ2) is 10.7. The van der Waals surface area contributed by atoms with Crippen molar-refractivity contribution in [3.05, 3.63) is 106 Å². The van der Waals surface area contributed by atoms with E-state index >= 15 is 0 Å². The average molecular weight is 466 g/mol. The van der Waals surface area contributed by atoms with Crippen molar-refractivity contribution in [2.45, 2.75) is 19.5 Å². The fourth-order valence-electron chi connectivity index (χ4n) is 3.92. The molecule has 0 aliphatic carbocycles. The molecule has 0 fully saturated rings. The first kappa shape index (κ1) is 23.7. The number of benzene rings is 3. The molecule has 35 heavy (non-hydrogen) atoms. The van der Waals surface area contributed by atoms with Gasteiger partial charge in [0.15, 0.2) is 0 Å². The van der Waals surface area contributed by atoms with Crippen molar-refractivity contribution >= 4 is 22.5 Å². The summed E-state index contributed by atoms with van der Waals surface area (Å²) in [5, 5.41) is 3.43. The maximum atomic E-state index is 12.6. The first-order chi connectivity index (χ1) is 16.9. The maximum Gasteiger partial charge on any atom is 0.258 e. The van der Waals surface area contributed by atoms with Crippen molar-refractivity contribution in [1.82, 2.24) is 15.3 Å². The van der Waals surface area contributed by atoms with Gasteiger partial charge in [0.1, 0.15) is 5.82 Å². The number of H-pyrrole nitrogens is 1. The zero-order valence-corrected chi connectivity index (χ0v) is 19.5. The van der Waals surface area contributed by atoms with Crippen LogP contribution in [-0.2, 0) is 6.54 Å². The molecule has 4 aromatic rings. The first-order valence-corrected chi connectivity index (χ1v) is 11.3. The number of terminal acetylenes is 1. The molecule has 0 bridgehead atoms. The van der Waals surface area contributed by atoms with E-state index in [9.17, 15) is 9.59 Å². The molecular weight excluding hydrogens is 438 g/mol. The highest BCUT2D eigenvalue weighted by Gasteiger charge is 2.12. The SMILES string of the molecule is C#CCN(Cc1ccc2nc(C)[nH]c(=O)c2c1)c1ccc(C(=O)NCC(N)c2ccccc2)cc1. The van der Waals surface area contributed by atoms with E-state index in [4.69, 9.17) is 12.2 Å².